The Hall–Kier alpha value is -5.51. The Morgan fingerprint density at radius 3 is 2.02 bits per heavy atom. The van der Waals surface area contributed by atoms with Crippen molar-refractivity contribution in [2.75, 3.05) is 111 Å². The van der Waals surface area contributed by atoms with E-state index in [0.717, 1.165) is 57.9 Å². The first kappa shape index (κ1) is 65.0. The van der Waals surface area contributed by atoms with Crippen LogP contribution in [0.2, 0.25) is 0 Å². The number of β-amino-alcohol motifs (C(OH)–C–C–N with tert-alkyl or cyclic N) is 1. The number of ether oxygens (including phenoxy) is 7. The smallest absolute Gasteiger partial charge is 0.410 e. The number of likely N-dealkylation sites (tertiary alicyclic amines) is 1. The summed E-state index contributed by atoms with van der Waals surface area (Å²) in [6.07, 6.45) is -0.176. The van der Waals surface area contributed by atoms with Crippen LogP contribution < -0.4 is 21.3 Å². The summed E-state index contributed by atoms with van der Waals surface area (Å²) in [5.41, 5.74) is 6.41. The predicted molar refractivity (Wildman–Crippen MR) is 321 cm³/mol. The number of thiazole rings is 2. The number of carbonyl (C=O) groups is 5. The number of para-hydroxylation sites is 1. The van der Waals surface area contributed by atoms with Crippen molar-refractivity contribution in [3.63, 3.8) is 0 Å². The standard InChI is InChI=1S/C59H82N8O13S3/c1-39-51(81-38-62-39)41-14-12-40(13-15-41)35-61-53(71)45-34-42(68)36-67(45)56(72)52(58(2,3)4)64-49(70)18-22-74-24-26-76-28-30-78-32-33-79-31-29-77-27-25-75-23-20-60-19-16-48(69)65-55-50(54-63-44-10-8-9-11-46(44)82-54)43-17-21-66(37-47(43)83-55)57(73)80-59(5,6)7/h8-15,38,42,45,52,60,68H,16-37H2,1-7H3,(H,61,71)(H,64,70)(H,65,69)/t42-,45+,52?/m1/s1. The summed E-state index contributed by atoms with van der Waals surface area (Å²) >= 11 is 4.67. The first-order valence-electron chi connectivity index (χ1n) is 28.3. The predicted octanol–water partition coefficient (Wildman–Crippen LogP) is 6.97. The Morgan fingerprint density at radius 1 is 0.771 bits per heavy atom. The molecule has 24 heteroatoms. The highest BCUT2D eigenvalue weighted by Crippen LogP contribution is 2.46. The van der Waals surface area contributed by atoms with Gasteiger partial charge in [0.05, 0.1) is 118 Å². The third kappa shape index (κ3) is 20.3. The largest absolute Gasteiger partial charge is 0.444 e. The van der Waals surface area contributed by atoms with Crippen molar-refractivity contribution in [2.24, 2.45) is 5.41 Å². The highest BCUT2D eigenvalue weighted by atomic mass is 32.1. The molecule has 2 aliphatic rings. The summed E-state index contributed by atoms with van der Waals surface area (Å²) in [5.74, 6) is -1.27. The number of aliphatic hydroxyl groups is 1. The zero-order valence-corrected chi connectivity index (χ0v) is 51.3. The molecule has 1 fully saturated rings. The lowest BCUT2D eigenvalue weighted by molar-refractivity contribution is -0.144. The van der Waals surface area contributed by atoms with E-state index in [1.54, 1.807) is 27.6 Å². The minimum atomic E-state index is -0.934. The van der Waals surface area contributed by atoms with Crippen LogP contribution in [0.4, 0.5) is 9.80 Å². The minimum Gasteiger partial charge on any atom is -0.444 e. The summed E-state index contributed by atoms with van der Waals surface area (Å²) in [7, 11) is 0. The third-order valence-corrected chi connectivity index (χ3v) is 16.6. The zero-order valence-electron chi connectivity index (χ0n) is 48.8. The van der Waals surface area contributed by atoms with Crippen LogP contribution in [0.5, 0.6) is 0 Å². The lowest BCUT2D eigenvalue weighted by Crippen LogP contribution is -2.57. The molecule has 1 saturated heterocycles. The van der Waals surface area contributed by atoms with Gasteiger partial charge in [0.1, 0.15) is 27.7 Å². The van der Waals surface area contributed by atoms with Crippen molar-refractivity contribution in [2.45, 2.75) is 111 Å². The third-order valence-electron chi connectivity index (χ3n) is 13.5. The summed E-state index contributed by atoms with van der Waals surface area (Å²) in [6.45, 7) is 19.7. The van der Waals surface area contributed by atoms with Gasteiger partial charge in [0.2, 0.25) is 23.6 Å². The van der Waals surface area contributed by atoms with Crippen molar-refractivity contribution in [1.82, 2.24) is 35.7 Å². The number of hydrogen-bond acceptors (Lipinski definition) is 19. The van der Waals surface area contributed by atoms with Gasteiger partial charge >= 0.3 is 6.09 Å². The second-order valence-electron chi connectivity index (χ2n) is 22.3. The molecule has 5 aromatic rings. The van der Waals surface area contributed by atoms with Gasteiger partial charge in [-0.05, 0) is 68.4 Å². The monoisotopic (exact) mass is 1210 g/mol. The van der Waals surface area contributed by atoms with E-state index >= 15 is 0 Å². The number of aliphatic hydroxyl groups excluding tert-OH is 1. The maximum atomic E-state index is 14.0. The van der Waals surface area contributed by atoms with Gasteiger partial charge in [-0.15, -0.1) is 34.0 Å². The van der Waals surface area contributed by atoms with Crippen LogP contribution in [0.3, 0.4) is 0 Å². The number of carbonyl (C=O) groups excluding carboxylic acids is 5. The summed E-state index contributed by atoms with van der Waals surface area (Å²) < 4.78 is 40.4. The van der Waals surface area contributed by atoms with Crippen LogP contribution in [0.15, 0.2) is 54.0 Å². The van der Waals surface area contributed by atoms with Crippen LogP contribution in [-0.2, 0) is 71.8 Å². The highest BCUT2D eigenvalue weighted by Gasteiger charge is 2.44. The fraction of sp³-hybridized carbons (Fsp3) is 0.576. The molecule has 3 aromatic heterocycles. The summed E-state index contributed by atoms with van der Waals surface area (Å²) in [4.78, 5) is 81.0. The normalized spacial score (nSPS) is 15.8. The van der Waals surface area contributed by atoms with E-state index in [1.165, 1.54) is 16.2 Å². The second kappa shape index (κ2) is 32.1. The quantitative estimate of drug-likeness (QED) is 0.0273. The summed E-state index contributed by atoms with van der Waals surface area (Å²) in [6, 6.07) is 14.1. The van der Waals surface area contributed by atoms with Gasteiger partial charge in [-0.3, -0.25) is 19.2 Å². The maximum Gasteiger partial charge on any atom is 0.410 e. The number of aromatic nitrogens is 2. The lowest BCUT2D eigenvalue weighted by atomic mass is 9.85. The van der Waals surface area contributed by atoms with Gasteiger partial charge in [0.25, 0.3) is 0 Å². The van der Waals surface area contributed by atoms with Crippen molar-refractivity contribution in [1.29, 1.82) is 0 Å². The Balaban J connectivity index is 0.660. The molecule has 0 radical (unpaired) electrons. The molecule has 3 atom stereocenters. The van der Waals surface area contributed by atoms with Crippen molar-refractivity contribution < 1.29 is 62.2 Å². The molecule has 2 aliphatic heterocycles. The molecule has 7 rings (SSSR count). The number of anilines is 1. The van der Waals surface area contributed by atoms with E-state index in [9.17, 15) is 29.1 Å². The van der Waals surface area contributed by atoms with E-state index in [1.807, 2.05) is 103 Å². The number of nitrogens with zero attached hydrogens (tertiary/aromatic N) is 4. The van der Waals surface area contributed by atoms with Gasteiger partial charge in [0, 0.05) is 62.4 Å². The number of nitrogens with one attached hydrogen (secondary N) is 4. The van der Waals surface area contributed by atoms with E-state index in [0.29, 0.717) is 98.7 Å². The lowest BCUT2D eigenvalue weighted by Gasteiger charge is -2.35. The molecule has 2 aromatic carbocycles. The number of amides is 5. The highest BCUT2D eigenvalue weighted by molar-refractivity contribution is 7.23. The van der Waals surface area contributed by atoms with Gasteiger partial charge in [-0.2, -0.15) is 0 Å². The molecular formula is C59H82N8O13S3. The molecule has 21 nitrogen and oxygen atoms in total. The first-order valence-corrected chi connectivity index (χ1v) is 30.9. The molecule has 5 heterocycles. The molecule has 83 heavy (non-hydrogen) atoms. The van der Waals surface area contributed by atoms with E-state index < -0.39 is 35.1 Å². The van der Waals surface area contributed by atoms with E-state index in [-0.39, 0.29) is 69.4 Å². The number of fused-ring (bicyclic) bond motifs is 2. The molecule has 5 N–H and O–H groups in total. The SMILES string of the molecule is Cc1ncsc1-c1ccc(CNC(=O)[C@@H]2C[C@@H](O)CN2C(=O)C(NC(=O)CCOCCOCCOCCOCCOCCOCCNCCC(=O)Nc2sc3c(c2-c2nc4ccccc4s2)CCN(C(=O)OC(C)(C)C)C3)C(C)(C)C)cc1. The average molecular weight is 1210 g/mol. The number of benzene rings is 2. The van der Waals surface area contributed by atoms with E-state index in [4.69, 9.17) is 38.1 Å². The zero-order chi connectivity index (χ0) is 59.4. The van der Waals surface area contributed by atoms with Crippen LogP contribution in [0.25, 0.3) is 31.2 Å². The topological polar surface area (TPSA) is 251 Å². The first-order chi connectivity index (χ1) is 39.8. The van der Waals surface area contributed by atoms with Gasteiger partial charge in [-0.25, -0.2) is 14.8 Å². The second-order valence-corrected chi connectivity index (χ2v) is 25.3. The Kier molecular flexibility index (Phi) is 25.2. The van der Waals surface area contributed by atoms with Gasteiger partial charge in [0.15, 0.2) is 0 Å². The van der Waals surface area contributed by atoms with Crippen LogP contribution in [0.1, 0.15) is 82.5 Å². The molecule has 0 aliphatic carbocycles. The fourth-order valence-electron chi connectivity index (χ4n) is 9.22. The number of rotatable bonds is 32. The summed E-state index contributed by atoms with van der Waals surface area (Å²) in [5, 5.41) is 24.4. The number of thiophene rings is 1. The Morgan fingerprint density at radius 2 is 1.41 bits per heavy atom. The average Bonchev–Trinajstić information content (AvgIpc) is 2.92. The van der Waals surface area contributed by atoms with Crippen molar-refractivity contribution in [3.8, 4) is 21.0 Å². The maximum absolute atomic E-state index is 14.0. The van der Waals surface area contributed by atoms with E-state index in [2.05, 4.69) is 26.3 Å². The molecule has 0 spiro atoms. The molecule has 1 unspecified atom stereocenters. The number of hydrogen-bond donors (Lipinski definition) is 5. The van der Waals surface area contributed by atoms with Crippen LogP contribution in [0, 0.1) is 12.3 Å². The van der Waals surface area contributed by atoms with Crippen LogP contribution in [-0.4, -0.2) is 184 Å². The minimum absolute atomic E-state index is 0.00898. The fourth-order valence-corrected chi connectivity index (χ4v) is 12.4. The van der Waals surface area contributed by atoms with Gasteiger partial charge < -0.3 is 69.3 Å². The molecule has 0 bridgehead atoms. The molecule has 5 amide bonds. The molecule has 0 saturated carbocycles. The van der Waals surface area contributed by atoms with Gasteiger partial charge in [-0.1, -0.05) is 57.2 Å². The van der Waals surface area contributed by atoms with Crippen molar-refractivity contribution >= 4 is 79.0 Å². The van der Waals surface area contributed by atoms with Crippen LogP contribution >= 0.6 is 34.0 Å². The Bertz CT molecular complexity index is 2850. The Labute approximate surface area is 498 Å². The molecular weight excluding hydrogens is 1120 g/mol. The number of aryl methyl sites for hydroxylation is 1. The molecule has 454 valence electrons. The van der Waals surface area contributed by atoms with Crippen molar-refractivity contribution in [3.05, 3.63) is 75.7 Å².